The second-order valence-electron chi connectivity index (χ2n) is 7.20. The average molecular weight is 476 g/mol. The van der Waals surface area contributed by atoms with Crippen molar-refractivity contribution in [2.24, 2.45) is 0 Å². The lowest BCUT2D eigenvalue weighted by molar-refractivity contribution is -0.144. The normalized spacial score (nSPS) is 12.7. The quantitative estimate of drug-likeness (QED) is 0.447. The Morgan fingerprint density at radius 2 is 1.81 bits per heavy atom. The molecule has 0 atom stereocenters. The van der Waals surface area contributed by atoms with E-state index in [4.69, 9.17) is 17.0 Å². The Labute approximate surface area is 193 Å². The third kappa shape index (κ3) is 5.83. The number of carbonyl (C=O) groups excluding carboxylic acids is 2. The van der Waals surface area contributed by atoms with Gasteiger partial charge in [-0.15, -0.1) is 0 Å². The van der Waals surface area contributed by atoms with E-state index in [9.17, 15) is 18.0 Å². The molecule has 1 heterocycles. The molecule has 0 radical (unpaired) electrons. The van der Waals surface area contributed by atoms with Gasteiger partial charge in [0.15, 0.2) is 5.11 Å². The van der Waals surface area contributed by atoms with E-state index in [0.717, 1.165) is 12.0 Å². The molecule has 0 saturated heterocycles. The molecule has 0 unspecified atom stereocenters. The highest BCUT2D eigenvalue weighted by Crippen LogP contribution is 2.32. The lowest BCUT2D eigenvalue weighted by Gasteiger charge is -2.19. The Bertz CT molecular complexity index is 1100. The number of fused-ring (bicyclic) bond motifs is 1. The molecule has 0 aliphatic carbocycles. The van der Waals surface area contributed by atoms with E-state index in [-0.39, 0.29) is 22.8 Å². The number of thiocarbonyl (C=S) groups is 1. The maximum absolute atomic E-state index is 13.1. The van der Waals surface area contributed by atoms with Gasteiger partial charge in [0, 0.05) is 18.7 Å². The molecule has 10 heteroatoms. The summed E-state index contributed by atoms with van der Waals surface area (Å²) in [4.78, 5) is 23.5. The molecule has 1 amide bonds. The highest BCUT2D eigenvalue weighted by molar-refractivity contribution is 7.92. The van der Waals surface area contributed by atoms with Crippen LogP contribution in [0.1, 0.15) is 31.7 Å². The van der Waals surface area contributed by atoms with Crippen LogP contribution in [0.2, 0.25) is 0 Å². The largest absolute Gasteiger partial charge is 0.466 e. The zero-order chi connectivity index (χ0) is 23.1. The molecule has 1 aliphatic rings. The van der Waals surface area contributed by atoms with E-state index in [0.29, 0.717) is 30.9 Å². The number of carbonyl (C=O) groups is 2. The molecule has 0 saturated carbocycles. The third-order valence-corrected chi connectivity index (χ3v) is 6.85. The molecule has 8 nitrogen and oxygen atoms in total. The summed E-state index contributed by atoms with van der Waals surface area (Å²) in [7, 11) is -3.68. The highest BCUT2D eigenvalue weighted by Gasteiger charge is 2.30. The van der Waals surface area contributed by atoms with Crippen LogP contribution < -0.4 is 14.9 Å². The minimum absolute atomic E-state index is 0.0272. The summed E-state index contributed by atoms with van der Waals surface area (Å²) in [5.41, 5.74) is 2.24. The summed E-state index contributed by atoms with van der Waals surface area (Å²) in [5.74, 6) is -0.846. The predicted molar refractivity (Wildman–Crippen MR) is 126 cm³/mol. The van der Waals surface area contributed by atoms with Crippen LogP contribution in [0.3, 0.4) is 0 Å². The van der Waals surface area contributed by atoms with E-state index in [1.165, 1.54) is 16.4 Å². The predicted octanol–water partition coefficient (Wildman–Crippen LogP) is 2.98. The number of para-hydroxylation sites is 1. The second-order valence-corrected chi connectivity index (χ2v) is 9.47. The van der Waals surface area contributed by atoms with Gasteiger partial charge in [0.1, 0.15) is 0 Å². The molecule has 0 bridgehead atoms. The molecule has 2 N–H and O–H groups in total. The topological polar surface area (TPSA) is 105 Å². The maximum atomic E-state index is 13.1. The number of benzene rings is 2. The Morgan fingerprint density at radius 3 is 2.53 bits per heavy atom. The summed E-state index contributed by atoms with van der Waals surface area (Å²) in [6.07, 6.45) is 1.33. The molecule has 2 aromatic rings. The van der Waals surface area contributed by atoms with Gasteiger partial charge in [0.2, 0.25) is 5.91 Å². The van der Waals surface area contributed by atoms with Gasteiger partial charge in [-0.05, 0) is 61.0 Å². The number of ether oxygens (including phenoxy) is 1. The van der Waals surface area contributed by atoms with Crippen LogP contribution in [-0.2, 0) is 30.8 Å². The van der Waals surface area contributed by atoms with Crippen molar-refractivity contribution in [3.63, 3.8) is 0 Å². The molecule has 0 fully saturated rings. The smallest absolute Gasteiger partial charge is 0.306 e. The van der Waals surface area contributed by atoms with Crippen molar-refractivity contribution in [1.82, 2.24) is 5.32 Å². The van der Waals surface area contributed by atoms with Crippen molar-refractivity contribution >= 4 is 50.6 Å². The molecule has 0 aromatic heterocycles. The van der Waals surface area contributed by atoms with Crippen molar-refractivity contribution < 1.29 is 22.7 Å². The van der Waals surface area contributed by atoms with Crippen LogP contribution in [0.15, 0.2) is 53.4 Å². The summed E-state index contributed by atoms with van der Waals surface area (Å²) < 4.78 is 32.4. The molecular formula is C22H25N3O5S2. The first kappa shape index (κ1) is 23.7. The highest BCUT2D eigenvalue weighted by atomic mass is 32.2. The van der Waals surface area contributed by atoms with Gasteiger partial charge in [-0.2, -0.15) is 0 Å². The number of hydrogen-bond donors (Lipinski definition) is 2. The van der Waals surface area contributed by atoms with Crippen LogP contribution in [-0.4, -0.2) is 38.6 Å². The Balaban J connectivity index is 1.55. The number of nitrogens with one attached hydrogen (secondary N) is 2. The van der Waals surface area contributed by atoms with Crippen LogP contribution in [0.5, 0.6) is 0 Å². The number of hydrogen-bond acceptors (Lipinski definition) is 6. The lowest BCUT2D eigenvalue weighted by Crippen LogP contribution is -2.34. The van der Waals surface area contributed by atoms with E-state index >= 15 is 0 Å². The molecular weight excluding hydrogens is 450 g/mol. The number of sulfonamides is 1. The van der Waals surface area contributed by atoms with Crippen LogP contribution in [0.4, 0.5) is 11.4 Å². The summed E-state index contributed by atoms with van der Waals surface area (Å²) >= 11 is 5.11. The lowest BCUT2D eigenvalue weighted by atomic mass is 10.2. The number of rotatable bonds is 8. The minimum Gasteiger partial charge on any atom is -0.466 e. The van der Waals surface area contributed by atoms with Crippen LogP contribution >= 0.6 is 12.2 Å². The molecule has 1 aliphatic heterocycles. The van der Waals surface area contributed by atoms with Gasteiger partial charge >= 0.3 is 5.97 Å². The first-order valence-corrected chi connectivity index (χ1v) is 12.1. The van der Waals surface area contributed by atoms with Gasteiger partial charge in [0.05, 0.1) is 23.6 Å². The fourth-order valence-corrected chi connectivity index (χ4v) is 4.99. The van der Waals surface area contributed by atoms with E-state index in [2.05, 4.69) is 10.6 Å². The molecule has 0 spiro atoms. The number of nitrogens with zero attached hydrogens (tertiary/aromatic N) is 1. The molecule has 3 rings (SSSR count). The SMILES string of the molecule is CCCOC(=O)CCC(=O)NC(=S)Nc1ccc(S(=O)(=O)N2CCc3ccccc32)cc1. The molecule has 32 heavy (non-hydrogen) atoms. The van der Waals surface area contributed by atoms with E-state index < -0.39 is 21.9 Å². The zero-order valence-electron chi connectivity index (χ0n) is 17.7. The van der Waals surface area contributed by atoms with Crippen molar-refractivity contribution in [1.29, 1.82) is 0 Å². The monoisotopic (exact) mass is 475 g/mol. The minimum atomic E-state index is -3.68. The molecule has 170 valence electrons. The van der Waals surface area contributed by atoms with Crippen molar-refractivity contribution in [3.8, 4) is 0 Å². The average Bonchev–Trinajstić information content (AvgIpc) is 3.21. The standard InChI is InChI=1S/C22H25N3O5S2/c1-2-15-30-21(27)12-11-20(26)24-22(31)23-17-7-9-18(10-8-17)32(28,29)25-14-13-16-5-3-4-6-19(16)25/h3-10H,2,11-15H2,1H3,(H2,23,24,26,31). The van der Waals surface area contributed by atoms with Crippen LogP contribution in [0, 0.1) is 0 Å². The van der Waals surface area contributed by atoms with Crippen molar-refractivity contribution in [2.75, 3.05) is 22.8 Å². The number of amides is 1. The van der Waals surface area contributed by atoms with Crippen LogP contribution in [0.25, 0.3) is 0 Å². The van der Waals surface area contributed by atoms with Gasteiger partial charge in [-0.3, -0.25) is 13.9 Å². The van der Waals surface area contributed by atoms with Gasteiger partial charge in [-0.25, -0.2) is 8.42 Å². The first-order chi connectivity index (χ1) is 15.3. The summed E-state index contributed by atoms with van der Waals surface area (Å²) in [5, 5.41) is 5.38. The number of esters is 1. The Kier molecular flexibility index (Phi) is 7.81. The van der Waals surface area contributed by atoms with Gasteiger partial charge in [0.25, 0.3) is 10.0 Å². The van der Waals surface area contributed by atoms with Gasteiger partial charge in [-0.1, -0.05) is 25.1 Å². The zero-order valence-corrected chi connectivity index (χ0v) is 19.3. The van der Waals surface area contributed by atoms with Crippen molar-refractivity contribution in [3.05, 3.63) is 54.1 Å². The third-order valence-electron chi connectivity index (χ3n) is 4.82. The first-order valence-electron chi connectivity index (χ1n) is 10.3. The van der Waals surface area contributed by atoms with E-state index in [1.807, 2.05) is 25.1 Å². The summed E-state index contributed by atoms with van der Waals surface area (Å²) in [6.45, 7) is 2.62. The Morgan fingerprint density at radius 1 is 1.09 bits per heavy atom. The maximum Gasteiger partial charge on any atom is 0.306 e. The van der Waals surface area contributed by atoms with Crippen molar-refractivity contribution in [2.45, 2.75) is 37.5 Å². The summed E-state index contributed by atoms with van der Waals surface area (Å²) in [6, 6.07) is 13.6. The fraction of sp³-hybridized carbons (Fsp3) is 0.318. The second kappa shape index (κ2) is 10.6. The van der Waals surface area contributed by atoms with Gasteiger partial charge < -0.3 is 15.4 Å². The fourth-order valence-electron chi connectivity index (χ4n) is 3.25. The van der Waals surface area contributed by atoms with E-state index in [1.54, 1.807) is 18.2 Å². The molecule has 2 aromatic carbocycles. The number of anilines is 2. The Hall–Kier alpha value is -2.98.